The fourth-order valence-electron chi connectivity index (χ4n) is 5.01. The molecule has 172 valence electrons. The highest BCUT2D eigenvalue weighted by molar-refractivity contribution is 6.03. The second-order valence-electron chi connectivity index (χ2n) is 9.47. The highest BCUT2D eigenvalue weighted by Crippen LogP contribution is 2.35. The number of rotatable bonds is 5. The van der Waals surface area contributed by atoms with Crippen molar-refractivity contribution in [1.29, 1.82) is 0 Å². The van der Waals surface area contributed by atoms with Crippen molar-refractivity contribution >= 4 is 29.1 Å². The molecule has 3 aliphatic heterocycles. The Morgan fingerprint density at radius 1 is 1.06 bits per heavy atom. The van der Waals surface area contributed by atoms with Crippen LogP contribution in [0.5, 0.6) is 0 Å². The molecule has 3 fully saturated rings. The molecule has 2 aromatic rings. The summed E-state index contributed by atoms with van der Waals surface area (Å²) >= 11 is 0. The quantitative estimate of drug-likeness (QED) is 0.719. The SMILES string of the molecule is O=C(NC1CC1)c1ccc(N2CCN(Cc3cnc4c(c3)NC(=O)C3CCCN43)CC2)nc1. The first-order chi connectivity index (χ1) is 16.1. The van der Waals surface area contributed by atoms with Crippen LogP contribution in [0.25, 0.3) is 0 Å². The lowest BCUT2D eigenvalue weighted by molar-refractivity contribution is -0.117. The van der Waals surface area contributed by atoms with E-state index in [1.165, 1.54) is 0 Å². The number of pyridine rings is 2. The van der Waals surface area contributed by atoms with Gasteiger partial charge in [-0.25, -0.2) is 9.97 Å². The molecule has 0 radical (unpaired) electrons. The molecule has 1 unspecified atom stereocenters. The molecule has 6 rings (SSSR count). The number of nitrogens with zero attached hydrogens (tertiary/aromatic N) is 5. The predicted molar refractivity (Wildman–Crippen MR) is 125 cm³/mol. The number of hydrogen-bond acceptors (Lipinski definition) is 7. The van der Waals surface area contributed by atoms with Crippen molar-refractivity contribution in [1.82, 2.24) is 20.2 Å². The zero-order chi connectivity index (χ0) is 22.4. The van der Waals surface area contributed by atoms with Gasteiger partial charge < -0.3 is 20.4 Å². The van der Waals surface area contributed by atoms with Crippen molar-refractivity contribution in [3.63, 3.8) is 0 Å². The molecule has 2 saturated heterocycles. The van der Waals surface area contributed by atoms with Gasteiger partial charge in [-0.05, 0) is 49.4 Å². The Kier molecular flexibility index (Phi) is 5.13. The summed E-state index contributed by atoms with van der Waals surface area (Å²) < 4.78 is 0. The van der Waals surface area contributed by atoms with E-state index in [2.05, 4.69) is 36.4 Å². The smallest absolute Gasteiger partial charge is 0.253 e. The number of carbonyl (C=O) groups excluding carboxylic acids is 2. The van der Waals surface area contributed by atoms with Crippen LogP contribution in [0.1, 0.15) is 41.6 Å². The molecule has 9 nitrogen and oxygen atoms in total. The van der Waals surface area contributed by atoms with Gasteiger partial charge in [-0.2, -0.15) is 0 Å². The van der Waals surface area contributed by atoms with E-state index >= 15 is 0 Å². The number of piperazine rings is 1. The van der Waals surface area contributed by atoms with Gasteiger partial charge in [-0.3, -0.25) is 14.5 Å². The number of anilines is 3. The van der Waals surface area contributed by atoms with Crippen molar-refractivity contribution in [3.05, 3.63) is 41.7 Å². The summed E-state index contributed by atoms with van der Waals surface area (Å²) in [6.45, 7) is 5.31. The monoisotopic (exact) mass is 447 g/mol. The third kappa shape index (κ3) is 4.13. The molecule has 0 aromatic carbocycles. The van der Waals surface area contributed by atoms with Gasteiger partial charge in [0.15, 0.2) is 5.82 Å². The summed E-state index contributed by atoms with van der Waals surface area (Å²) in [7, 11) is 0. The van der Waals surface area contributed by atoms with Gasteiger partial charge >= 0.3 is 0 Å². The third-order valence-corrected chi connectivity index (χ3v) is 7.03. The highest BCUT2D eigenvalue weighted by Gasteiger charge is 2.37. The summed E-state index contributed by atoms with van der Waals surface area (Å²) in [5.41, 5.74) is 2.57. The number of nitrogens with one attached hydrogen (secondary N) is 2. The van der Waals surface area contributed by atoms with Gasteiger partial charge in [0.1, 0.15) is 11.9 Å². The van der Waals surface area contributed by atoms with Crippen LogP contribution in [0.2, 0.25) is 0 Å². The molecule has 0 spiro atoms. The zero-order valence-corrected chi connectivity index (χ0v) is 18.7. The zero-order valence-electron chi connectivity index (χ0n) is 18.7. The maximum atomic E-state index is 12.4. The Balaban J connectivity index is 1.05. The van der Waals surface area contributed by atoms with Gasteiger partial charge in [0, 0.05) is 57.7 Å². The minimum absolute atomic E-state index is 0.0310. The minimum Gasteiger partial charge on any atom is -0.354 e. The van der Waals surface area contributed by atoms with Gasteiger partial charge in [-0.15, -0.1) is 0 Å². The van der Waals surface area contributed by atoms with E-state index < -0.39 is 0 Å². The Morgan fingerprint density at radius 2 is 1.91 bits per heavy atom. The number of aromatic nitrogens is 2. The largest absolute Gasteiger partial charge is 0.354 e. The molecule has 2 amide bonds. The fourth-order valence-corrected chi connectivity index (χ4v) is 5.01. The average molecular weight is 448 g/mol. The first-order valence-corrected chi connectivity index (χ1v) is 11.9. The lowest BCUT2D eigenvalue weighted by atomic mass is 10.1. The van der Waals surface area contributed by atoms with Crippen molar-refractivity contribution in [3.8, 4) is 0 Å². The fraction of sp³-hybridized carbons (Fsp3) is 0.500. The van der Waals surface area contributed by atoms with Crippen LogP contribution in [0.4, 0.5) is 17.3 Å². The molecule has 33 heavy (non-hydrogen) atoms. The van der Waals surface area contributed by atoms with Gasteiger partial charge in [0.25, 0.3) is 5.91 Å². The minimum atomic E-state index is -0.0563. The van der Waals surface area contributed by atoms with Crippen LogP contribution in [0.3, 0.4) is 0 Å². The standard InChI is InChI=1S/C24H29N7O2/c32-23(27-18-4-5-18)17-3-6-21(25-14-17)30-10-8-29(9-11-30)15-16-12-19-22(26-13-16)31-7-1-2-20(31)24(33)28-19/h3,6,12-14,18,20H,1-2,4-5,7-11,15H2,(H,27,32)(H,28,33). The molecule has 2 N–H and O–H groups in total. The predicted octanol–water partition coefficient (Wildman–Crippen LogP) is 1.61. The van der Waals surface area contributed by atoms with Crippen LogP contribution in [0.15, 0.2) is 30.6 Å². The van der Waals surface area contributed by atoms with Crippen LogP contribution >= 0.6 is 0 Å². The van der Waals surface area contributed by atoms with E-state index in [-0.39, 0.29) is 17.9 Å². The number of hydrogen-bond donors (Lipinski definition) is 2. The van der Waals surface area contributed by atoms with E-state index in [9.17, 15) is 9.59 Å². The average Bonchev–Trinajstić information content (AvgIpc) is 3.50. The lowest BCUT2D eigenvalue weighted by Gasteiger charge is -2.36. The van der Waals surface area contributed by atoms with Crippen molar-refractivity contribution in [2.24, 2.45) is 0 Å². The first-order valence-electron chi connectivity index (χ1n) is 11.9. The molecule has 1 saturated carbocycles. The molecule has 5 heterocycles. The first kappa shape index (κ1) is 20.4. The summed E-state index contributed by atoms with van der Waals surface area (Å²) in [4.78, 5) is 40.6. The molecule has 2 aromatic heterocycles. The van der Waals surface area contributed by atoms with Crippen LogP contribution in [0, 0.1) is 0 Å². The second kappa shape index (κ2) is 8.30. The Labute approximate surface area is 193 Å². The summed E-state index contributed by atoms with van der Waals surface area (Å²) in [5, 5.41) is 6.06. The van der Waals surface area contributed by atoms with Crippen LogP contribution in [-0.2, 0) is 11.3 Å². The molecular weight excluding hydrogens is 418 g/mol. The van der Waals surface area contributed by atoms with E-state index in [1.54, 1.807) is 6.20 Å². The molecule has 4 aliphatic rings. The Hall–Kier alpha value is -3.20. The summed E-state index contributed by atoms with van der Waals surface area (Å²) in [6, 6.07) is 6.18. The number of fused-ring (bicyclic) bond motifs is 3. The van der Waals surface area contributed by atoms with Crippen molar-refractivity contribution < 1.29 is 9.59 Å². The molecular formula is C24H29N7O2. The van der Waals surface area contributed by atoms with E-state index in [1.807, 2.05) is 18.3 Å². The molecule has 9 heteroatoms. The summed E-state index contributed by atoms with van der Waals surface area (Å²) in [5.74, 6) is 1.88. The maximum Gasteiger partial charge on any atom is 0.253 e. The molecule has 1 atom stereocenters. The number of carbonyl (C=O) groups is 2. The topological polar surface area (TPSA) is 93.7 Å². The lowest BCUT2D eigenvalue weighted by Crippen LogP contribution is -2.46. The molecule has 0 bridgehead atoms. The van der Waals surface area contributed by atoms with E-state index in [4.69, 9.17) is 4.98 Å². The number of amides is 2. The van der Waals surface area contributed by atoms with Crippen molar-refractivity contribution in [2.45, 2.75) is 44.3 Å². The van der Waals surface area contributed by atoms with Gasteiger partial charge in [0.05, 0.1) is 11.3 Å². The highest BCUT2D eigenvalue weighted by atomic mass is 16.2. The molecule has 1 aliphatic carbocycles. The van der Waals surface area contributed by atoms with Crippen molar-refractivity contribution in [2.75, 3.05) is 47.8 Å². The normalized spacial score (nSPS) is 22.5. The maximum absolute atomic E-state index is 12.4. The van der Waals surface area contributed by atoms with Gasteiger partial charge in [0.2, 0.25) is 5.91 Å². The Bertz CT molecular complexity index is 1060. The third-order valence-electron chi connectivity index (χ3n) is 7.03. The van der Waals surface area contributed by atoms with Crippen LogP contribution in [-0.4, -0.2) is 71.5 Å². The van der Waals surface area contributed by atoms with E-state index in [0.29, 0.717) is 11.6 Å². The second-order valence-corrected chi connectivity index (χ2v) is 9.47. The van der Waals surface area contributed by atoms with Gasteiger partial charge in [-0.1, -0.05) is 0 Å². The Morgan fingerprint density at radius 3 is 2.67 bits per heavy atom. The van der Waals surface area contributed by atoms with E-state index in [0.717, 1.165) is 87.8 Å². The summed E-state index contributed by atoms with van der Waals surface area (Å²) in [6.07, 6.45) is 7.73. The van der Waals surface area contributed by atoms with Crippen LogP contribution < -0.4 is 20.4 Å².